The van der Waals surface area contributed by atoms with Crippen molar-refractivity contribution in [3.8, 4) is 0 Å². The molecule has 0 spiro atoms. The third-order valence-electron chi connectivity index (χ3n) is 7.56. The summed E-state index contributed by atoms with van der Waals surface area (Å²) in [6, 6.07) is 9.62. The molecule has 5 heteroatoms. The standard InChI is InChI=1S/C23H29BrN2O2/c24-23-12-16-9-17(13-23)11-22(10-16,15-23)21(28)26-8-4-5-18(14-26)20(27)25-19-6-2-1-3-7-19/h1-3,6-7,16-18H,4-5,8-15H2,(H,25,27). The molecule has 5 aliphatic rings. The number of alkyl halides is 1. The minimum Gasteiger partial charge on any atom is -0.341 e. The van der Waals surface area contributed by atoms with Crippen LogP contribution in [0.2, 0.25) is 0 Å². The normalized spacial score (nSPS) is 39.0. The number of carbonyl (C=O) groups excluding carboxylic acids is 2. The van der Waals surface area contributed by atoms with E-state index in [2.05, 4.69) is 21.2 Å². The highest BCUT2D eigenvalue weighted by Gasteiger charge is 2.60. The van der Waals surface area contributed by atoms with Crippen LogP contribution >= 0.6 is 15.9 Å². The molecule has 0 radical (unpaired) electrons. The van der Waals surface area contributed by atoms with E-state index in [0.29, 0.717) is 24.3 Å². The Morgan fingerprint density at radius 1 is 1.07 bits per heavy atom. The fourth-order valence-corrected chi connectivity index (χ4v) is 8.33. The summed E-state index contributed by atoms with van der Waals surface area (Å²) in [7, 11) is 0. The molecule has 4 saturated carbocycles. The minimum absolute atomic E-state index is 0.0474. The third-order valence-corrected chi connectivity index (χ3v) is 8.49. The van der Waals surface area contributed by atoms with Crippen molar-refractivity contribution in [1.82, 2.24) is 4.90 Å². The molecule has 1 aromatic carbocycles. The van der Waals surface area contributed by atoms with Crippen LogP contribution in [0.3, 0.4) is 0 Å². The summed E-state index contributed by atoms with van der Waals surface area (Å²) >= 11 is 4.02. The molecule has 4 aliphatic carbocycles. The van der Waals surface area contributed by atoms with Gasteiger partial charge in [-0.15, -0.1) is 0 Å². The number of hydrogen-bond donors (Lipinski definition) is 1. The van der Waals surface area contributed by atoms with E-state index >= 15 is 0 Å². The van der Waals surface area contributed by atoms with Gasteiger partial charge in [-0.3, -0.25) is 9.59 Å². The van der Waals surface area contributed by atoms with E-state index in [1.165, 1.54) is 19.3 Å². The summed E-state index contributed by atoms with van der Waals surface area (Å²) in [4.78, 5) is 28.5. The molecular weight excluding hydrogens is 416 g/mol. The molecule has 4 nitrogen and oxygen atoms in total. The number of benzene rings is 1. The van der Waals surface area contributed by atoms with Gasteiger partial charge in [0, 0.05) is 23.1 Å². The molecule has 3 atom stereocenters. The molecule has 2 amide bonds. The Labute approximate surface area is 175 Å². The molecule has 1 N–H and O–H groups in total. The van der Waals surface area contributed by atoms with E-state index in [-0.39, 0.29) is 21.6 Å². The largest absolute Gasteiger partial charge is 0.341 e. The van der Waals surface area contributed by atoms with Crippen molar-refractivity contribution in [1.29, 1.82) is 0 Å². The average Bonchev–Trinajstić information content (AvgIpc) is 2.66. The van der Waals surface area contributed by atoms with Gasteiger partial charge in [0.15, 0.2) is 0 Å². The molecule has 28 heavy (non-hydrogen) atoms. The number of hydrogen-bond acceptors (Lipinski definition) is 2. The Kier molecular flexibility index (Phi) is 4.57. The summed E-state index contributed by atoms with van der Waals surface area (Å²) in [5, 5.41) is 3.03. The van der Waals surface area contributed by atoms with Crippen molar-refractivity contribution in [2.24, 2.45) is 23.2 Å². The fraction of sp³-hybridized carbons (Fsp3) is 0.652. The Morgan fingerprint density at radius 2 is 1.79 bits per heavy atom. The SMILES string of the molecule is O=C(Nc1ccccc1)C1CCCN(C(=O)C23CC4CC(CC(Br)(C4)C2)C3)C1. The zero-order valence-corrected chi connectivity index (χ0v) is 17.9. The molecule has 150 valence electrons. The molecule has 3 unspecified atom stereocenters. The van der Waals surface area contributed by atoms with Crippen molar-refractivity contribution in [3.63, 3.8) is 0 Å². The molecule has 1 aromatic rings. The number of para-hydroxylation sites is 1. The fourth-order valence-electron chi connectivity index (χ4n) is 6.88. The van der Waals surface area contributed by atoms with Gasteiger partial charge in [-0.2, -0.15) is 0 Å². The topological polar surface area (TPSA) is 49.4 Å². The second kappa shape index (κ2) is 6.86. The smallest absolute Gasteiger partial charge is 0.229 e. The number of likely N-dealkylation sites (tertiary alicyclic amines) is 1. The Balaban J connectivity index is 1.29. The van der Waals surface area contributed by atoms with Crippen LogP contribution in [0.25, 0.3) is 0 Å². The van der Waals surface area contributed by atoms with Gasteiger partial charge < -0.3 is 10.2 Å². The van der Waals surface area contributed by atoms with Crippen LogP contribution in [-0.2, 0) is 9.59 Å². The van der Waals surface area contributed by atoms with Gasteiger partial charge in [-0.05, 0) is 75.3 Å². The van der Waals surface area contributed by atoms with Crippen LogP contribution in [0.1, 0.15) is 51.4 Å². The first-order valence-corrected chi connectivity index (χ1v) is 11.6. The van der Waals surface area contributed by atoms with Gasteiger partial charge in [0.2, 0.25) is 11.8 Å². The van der Waals surface area contributed by atoms with Crippen LogP contribution in [0.5, 0.6) is 0 Å². The van der Waals surface area contributed by atoms with E-state index in [0.717, 1.165) is 44.3 Å². The van der Waals surface area contributed by atoms with Crippen molar-refractivity contribution in [2.75, 3.05) is 18.4 Å². The second-order valence-electron chi connectivity index (χ2n) is 9.84. The van der Waals surface area contributed by atoms with Crippen LogP contribution in [0.15, 0.2) is 30.3 Å². The van der Waals surface area contributed by atoms with Gasteiger partial charge in [0.1, 0.15) is 0 Å². The molecule has 1 aliphatic heterocycles. The van der Waals surface area contributed by atoms with E-state index in [4.69, 9.17) is 0 Å². The molecule has 1 saturated heterocycles. The Morgan fingerprint density at radius 3 is 2.46 bits per heavy atom. The number of anilines is 1. The van der Waals surface area contributed by atoms with Crippen molar-refractivity contribution in [2.45, 2.75) is 55.7 Å². The van der Waals surface area contributed by atoms with Crippen molar-refractivity contribution in [3.05, 3.63) is 30.3 Å². The van der Waals surface area contributed by atoms with Gasteiger partial charge in [-0.1, -0.05) is 34.1 Å². The molecule has 5 fully saturated rings. The summed E-state index contributed by atoms with van der Waals surface area (Å²) < 4.78 is 0.187. The monoisotopic (exact) mass is 444 g/mol. The lowest BCUT2D eigenvalue weighted by Crippen LogP contribution is -2.60. The lowest BCUT2D eigenvalue weighted by atomic mass is 9.49. The third kappa shape index (κ3) is 3.30. The minimum atomic E-state index is -0.175. The maximum Gasteiger partial charge on any atom is 0.229 e. The number of nitrogens with zero attached hydrogens (tertiary/aromatic N) is 1. The summed E-state index contributed by atoms with van der Waals surface area (Å²) in [5.41, 5.74) is 0.657. The second-order valence-corrected chi connectivity index (χ2v) is 11.5. The molecule has 0 aromatic heterocycles. The highest BCUT2D eigenvalue weighted by atomic mass is 79.9. The number of carbonyl (C=O) groups is 2. The lowest BCUT2D eigenvalue weighted by molar-refractivity contribution is -0.157. The summed E-state index contributed by atoms with van der Waals surface area (Å²) in [5.74, 6) is 1.68. The highest BCUT2D eigenvalue weighted by Crippen LogP contribution is 2.64. The number of halogens is 1. The Hall–Kier alpha value is -1.36. The zero-order chi connectivity index (χ0) is 19.4. The molecule has 1 heterocycles. The van der Waals surface area contributed by atoms with Crippen molar-refractivity contribution < 1.29 is 9.59 Å². The number of piperidine rings is 1. The predicted octanol–water partition coefficient (Wildman–Crippen LogP) is 4.60. The summed E-state index contributed by atoms with van der Waals surface area (Å²) in [6.45, 7) is 1.38. The van der Waals surface area contributed by atoms with Crippen LogP contribution in [0, 0.1) is 23.2 Å². The van der Waals surface area contributed by atoms with Gasteiger partial charge in [0.05, 0.1) is 11.3 Å². The highest BCUT2D eigenvalue weighted by molar-refractivity contribution is 9.10. The van der Waals surface area contributed by atoms with E-state index < -0.39 is 0 Å². The number of rotatable bonds is 3. The first-order chi connectivity index (χ1) is 13.4. The number of amides is 2. The van der Waals surface area contributed by atoms with E-state index in [1.807, 2.05) is 35.2 Å². The average molecular weight is 445 g/mol. The molecular formula is C23H29BrN2O2. The van der Waals surface area contributed by atoms with E-state index in [9.17, 15) is 9.59 Å². The predicted molar refractivity (Wildman–Crippen MR) is 113 cm³/mol. The van der Waals surface area contributed by atoms with Gasteiger partial charge in [-0.25, -0.2) is 0 Å². The first-order valence-electron chi connectivity index (χ1n) is 10.8. The van der Waals surface area contributed by atoms with Gasteiger partial charge >= 0.3 is 0 Å². The van der Waals surface area contributed by atoms with Crippen LogP contribution in [0.4, 0.5) is 5.69 Å². The van der Waals surface area contributed by atoms with Crippen LogP contribution in [-0.4, -0.2) is 34.1 Å². The summed E-state index contributed by atoms with van der Waals surface area (Å²) in [6.07, 6.45) is 8.68. The van der Waals surface area contributed by atoms with E-state index in [1.54, 1.807) is 0 Å². The van der Waals surface area contributed by atoms with Crippen molar-refractivity contribution >= 4 is 33.4 Å². The molecule has 4 bridgehead atoms. The maximum absolute atomic E-state index is 13.7. The van der Waals surface area contributed by atoms with Crippen LogP contribution < -0.4 is 5.32 Å². The Bertz CT molecular complexity index is 766. The molecule has 6 rings (SSSR count). The zero-order valence-electron chi connectivity index (χ0n) is 16.3. The maximum atomic E-state index is 13.7. The number of nitrogens with one attached hydrogen (secondary N) is 1. The lowest BCUT2D eigenvalue weighted by Gasteiger charge is -2.60. The quantitative estimate of drug-likeness (QED) is 0.692. The van der Waals surface area contributed by atoms with Gasteiger partial charge in [0.25, 0.3) is 0 Å². The first kappa shape index (κ1) is 18.7.